The number of ether oxygens (including phenoxy) is 1. The SMILES string of the molecule is O=C(NC(O)CCCC#CC#CCn1c2ccccc2c2ccccc21)Oc1ccccc1. The Morgan fingerprint density at radius 3 is 2.18 bits per heavy atom. The first-order valence-corrected chi connectivity index (χ1v) is 10.9. The number of hydrogen-bond donors (Lipinski definition) is 2. The van der Waals surface area contributed by atoms with Crippen LogP contribution in [0, 0.1) is 23.7 Å². The molecule has 0 spiro atoms. The zero-order valence-electron chi connectivity index (χ0n) is 18.1. The third-order valence-electron chi connectivity index (χ3n) is 5.17. The average molecular weight is 437 g/mol. The first-order valence-electron chi connectivity index (χ1n) is 10.9. The molecule has 4 rings (SSSR count). The Morgan fingerprint density at radius 1 is 0.879 bits per heavy atom. The van der Waals surface area contributed by atoms with Gasteiger partial charge in [-0.1, -0.05) is 66.4 Å². The molecule has 0 bridgehead atoms. The van der Waals surface area contributed by atoms with Gasteiger partial charge in [0.15, 0.2) is 0 Å². The van der Waals surface area contributed by atoms with E-state index in [2.05, 4.69) is 70.0 Å². The lowest BCUT2D eigenvalue weighted by Crippen LogP contribution is -2.36. The molecule has 1 aromatic heterocycles. The Balaban J connectivity index is 1.24. The van der Waals surface area contributed by atoms with Gasteiger partial charge < -0.3 is 14.4 Å². The molecule has 164 valence electrons. The van der Waals surface area contributed by atoms with Crippen LogP contribution in [-0.4, -0.2) is 22.0 Å². The first-order chi connectivity index (χ1) is 16.2. The Kier molecular flexibility index (Phi) is 7.28. The molecule has 0 aliphatic carbocycles. The predicted molar refractivity (Wildman–Crippen MR) is 130 cm³/mol. The number of hydrogen-bond acceptors (Lipinski definition) is 3. The van der Waals surface area contributed by atoms with E-state index < -0.39 is 12.3 Å². The number of para-hydroxylation sites is 3. The fraction of sp³-hybridized carbons (Fsp3) is 0.179. The summed E-state index contributed by atoms with van der Waals surface area (Å²) < 4.78 is 7.29. The fourth-order valence-corrected chi connectivity index (χ4v) is 3.66. The number of aliphatic hydroxyl groups excluding tert-OH is 1. The van der Waals surface area contributed by atoms with E-state index in [0.29, 0.717) is 31.6 Å². The van der Waals surface area contributed by atoms with Crippen molar-refractivity contribution < 1.29 is 14.6 Å². The Hall–Kier alpha value is -4.19. The molecule has 5 heteroatoms. The standard InChI is InChI=1S/C28H24N2O3/c31-27(29-28(32)33-22-14-6-5-7-15-22)20-8-3-1-2-4-13-21-30-25-18-11-9-16-23(25)24-17-10-12-19-26(24)30/h5-7,9-12,14-19,27,31H,3,8,20-21H2,(H,29,32). The van der Waals surface area contributed by atoms with Crippen molar-refractivity contribution in [2.24, 2.45) is 0 Å². The van der Waals surface area contributed by atoms with Crippen molar-refractivity contribution in [1.82, 2.24) is 9.88 Å². The van der Waals surface area contributed by atoms with Crippen LogP contribution in [0.4, 0.5) is 4.79 Å². The molecule has 1 amide bonds. The van der Waals surface area contributed by atoms with Crippen molar-refractivity contribution in [2.45, 2.75) is 32.0 Å². The van der Waals surface area contributed by atoms with Crippen molar-refractivity contribution in [3.63, 3.8) is 0 Å². The van der Waals surface area contributed by atoms with E-state index in [1.807, 2.05) is 18.2 Å². The molecule has 1 unspecified atom stereocenters. The number of unbranched alkanes of at least 4 members (excludes halogenated alkanes) is 1. The second-order valence-electron chi connectivity index (χ2n) is 7.48. The highest BCUT2D eigenvalue weighted by Crippen LogP contribution is 2.28. The lowest BCUT2D eigenvalue weighted by molar-refractivity contribution is 0.116. The van der Waals surface area contributed by atoms with Gasteiger partial charge in [0, 0.05) is 28.2 Å². The highest BCUT2D eigenvalue weighted by atomic mass is 16.6. The summed E-state index contributed by atoms with van der Waals surface area (Å²) in [7, 11) is 0. The number of aromatic nitrogens is 1. The van der Waals surface area contributed by atoms with E-state index in [1.165, 1.54) is 10.8 Å². The Morgan fingerprint density at radius 2 is 1.48 bits per heavy atom. The van der Waals surface area contributed by atoms with Gasteiger partial charge in [0.2, 0.25) is 0 Å². The molecule has 0 aliphatic rings. The van der Waals surface area contributed by atoms with Crippen molar-refractivity contribution in [3.05, 3.63) is 78.9 Å². The lowest BCUT2D eigenvalue weighted by atomic mass is 10.2. The highest BCUT2D eigenvalue weighted by Gasteiger charge is 2.10. The molecule has 0 fully saturated rings. The normalized spacial score (nSPS) is 11.2. The van der Waals surface area contributed by atoms with Gasteiger partial charge in [-0.3, -0.25) is 5.32 Å². The van der Waals surface area contributed by atoms with Crippen molar-refractivity contribution in [2.75, 3.05) is 0 Å². The van der Waals surface area contributed by atoms with Crippen LogP contribution < -0.4 is 10.1 Å². The van der Waals surface area contributed by atoms with Crippen LogP contribution in [0.3, 0.4) is 0 Å². The fourth-order valence-electron chi connectivity index (χ4n) is 3.66. The summed E-state index contributed by atoms with van der Waals surface area (Å²) in [5, 5.41) is 14.8. The van der Waals surface area contributed by atoms with Gasteiger partial charge in [-0.15, -0.1) is 0 Å². The molecule has 4 aromatic rings. The Labute approximate surface area is 193 Å². The van der Waals surface area contributed by atoms with Crippen LogP contribution in [0.2, 0.25) is 0 Å². The van der Waals surface area contributed by atoms with Crippen molar-refractivity contribution in [1.29, 1.82) is 0 Å². The maximum Gasteiger partial charge on any atom is 0.414 e. The third kappa shape index (κ3) is 5.74. The number of rotatable bonds is 6. The van der Waals surface area contributed by atoms with Gasteiger partial charge >= 0.3 is 6.09 Å². The molecular formula is C28H24N2O3. The minimum atomic E-state index is -0.982. The van der Waals surface area contributed by atoms with Crippen LogP contribution >= 0.6 is 0 Å². The second-order valence-corrected chi connectivity index (χ2v) is 7.48. The highest BCUT2D eigenvalue weighted by molar-refractivity contribution is 6.08. The number of carbonyl (C=O) groups is 1. The van der Waals surface area contributed by atoms with E-state index >= 15 is 0 Å². The molecule has 1 atom stereocenters. The van der Waals surface area contributed by atoms with Crippen LogP contribution in [-0.2, 0) is 6.54 Å². The zero-order chi connectivity index (χ0) is 22.9. The molecule has 2 N–H and O–H groups in total. The molecular weight excluding hydrogens is 412 g/mol. The smallest absolute Gasteiger partial charge is 0.410 e. The maximum absolute atomic E-state index is 11.7. The van der Waals surface area contributed by atoms with E-state index in [1.54, 1.807) is 24.3 Å². The number of fused-ring (bicyclic) bond motifs is 3. The van der Waals surface area contributed by atoms with Gasteiger partial charge in [0.1, 0.15) is 12.0 Å². The minimum Gasteiger partial charge on any atom is -0.410 e. The van der Waals surface area contributed by atoms with E-state index in [-0.39, 0.29) is 0 Å². The van der Waals surface area contributed by atoms with E-state index in [0.717, 1.165) is 11.0 Å². The maximum atomic E-state index is 11.7. The summed E-state index contributed by atoms with van der Waals surface area (Å²) in [4.78, 5) is 11.7. The summed E-state index contributed by atoms with van der Waals surface area (Å²) in [6.07, 6.45) is -0.0711. The number of benzene rings is 3. The molecule has 1 heterocycles. The number of nitrogens with one attached hydrogen (secondary N) is 1. The van der Waals surface area contributed by atoms with Crippen LogP contribution in [0.15, 0.2) is 78.9 Å². The Bertz CT molecular complexity index is 1310. The van der Waals surface area contributed by atoms with Crippen LogP contribution in [0.1, 0.15) is 19.3 Å². The summed E-state index contributed by atoms with van der Waals surface area (Å²) in [5.41, 5.74) is 2.32. The van der Waals surface area contributed by atoms with Crippen LogP contribution in [0.25, 0.3) is 21.8 Å². The van der Waals surface area contributed by atoms with Gasteiger partial charge in [-0.2, -0.15) is 0 Å². The number of amides is 1. The van der Waals surface area contributed by atoms with Crippen molar-refractivity contribution >= 4 is 27.9 Å². The molecule has 0 saturated heterocycles. The van der Waals surface area contributed by atoms with Crippen molar-refractivity contribution in [3.8, 4) is 29.4 Å². The van der Waals surface area contributed by atoms with Gasteiger partial charge in [-0.25, -0.2) is 4.79 Å². The summed E-state index contributed by atoms with van der Waals surface area (Å²) in [6, 6.07) is 25.4. The molecule has 0 saturated carbocycles. The van der Waals surface area contributed by atoms with E-state index in [4.69, 9.17) is 4.74 Å². The zero-order valence-corrected chi connectivity index (χ0v) is 18.1. The number of nitrogens with zero attached hydrogens (tertiary/aromatic N) is 1. The quantitative estimate of drug-likeness (QED) is 0.252. The molecule has 0 radical (unpaired) electrons. The summed E-state index contributed by atoms with van der Waals surface area (Å²) in [5.74, 6) is 12.4. The molecule has 3 aromatic carbocycles. The minimum absolute atomic E-state index is 0.382. The molecule has 33 heavy (non-hydrogen) atoms. The second kappa shape index (κ2) is 10.9. The summed E-state index contributed by atoms with van der Waals surface area (Å²) >= 11 is 0. The largest absolute Gasteiger partial charge is 0.414 e. The third-order valence-corrected chi connectivity index (χ3v) is 5.17. The lowest BCUT2D eigenvalue weighted by Gasteiger charge is -2.12. The van der Waals surface area contributed by atoms with Gasteiger partial charge in [0.25, 0.3) is 0 Å². The van der Waals surface area contributed by atoms with Gasteiger partial charge in [0.05, 0.1) is 6.54 Å². The van der Waals surface area contributed by atoms with Gasteiger partial charge in [-0.05, 0) is 48.9 Å². The first kappa shape index (κ1) is 22.0. The topological polar surface area (TPSA) is 63.5 Å². The number of aliphatic hydroxyl groups is 1. The van der Waals surface area contributed by atoms with Crippen LogP contribution in [0.5, 0.6) is 5.75 Å². The summed E-state index contributed by atoms with van der Waals surface area (Å²) in [6.45, 7) is 0.564. The molecule has 5 nitrogen and oxygen atoms in total. The molecule has 0 aliphatic heterocycles. The monoisotopic (exact) mass is 436 g/mol. The predicted octanol–water partition coefficient (Wildman–Crippen LogP) is 5.08. The average Bonchev–Trinajstić information content (AvgIpc) is 3.15. The van der Waals surface area contributed by atoms with E-state index in [9.17, 15) is 9.90 Å². The number of carbonyl (C=O) groups excluding carboxylic acids is 1.